The van der Waals surface area contributed by atoms with Crippen molar-refractivity contribution in [3.8, 4) is 0 Å². The van der Waals surface area contributed by atoms with Crippen LogP contribution in [0, 0.1) is 0 Å². The van der Waals surface area contributed by atoms with Gasteiger partial charge in [-0.1, -0.05) is 48.5 Å². The summed E-state index contributed by atoms with van der Waals surface area (Å²) in [6.45, 7) is 0. The molecule has 0 heterocycles. The van der Waals surface area contributed by atoms with Crippen LogP contribution >= 0.6 is 0 Å². The van der Waals surface area contributed by atoms with E-state index in [1.54, 1.807) is 0 Å². The van der Waals surface area contributed by atoms with Gasteiger partial charge in [0.25, 0.3) is 0 Å². The van der Waals surface area contributed by atoms with Gasteiger partial charge in [0, 0.05) is 33.6 Å². The number of fused-ring (bicyclic) bond motifs is 2. The molecule has 5 rings (SSSR count). The van der Waals surface area contributed by atoms with E-state index < -0.39 is 0 Å². The SMILES string of the molecule is Nc1cccc2cccc(N=C3CCCC(=Nc4cccc5cccc(N)c45)CCC3)c12. The van der Waals surface area contributed by atoms with Crippen molar-refractivity contribution in [2.45, 2.75) is 38.5 Å². The monoisotopic (exact) mass is 420 g/mol. The van der Waals surface area contributed by atoms with Gasteiger partial charge in [0.05, 0.1) is 11.4 Å². The fourth-order valence-electron chi connectivity index (χ4n) is 4.69. The summed E-state index contributed by atoms with van der Waals surface area (Å²) in [5, 5.41) is 4.39. The van der Waals surface area contributed by atoms with Crippen molar-refractivity contribution in [3.05, 3.63) is 72.8 Å². The minimum atomic E-state index is 0.789. The third kappa shape index (κ3) is 4.09. The zero-order chi connectivity index (χ0) is 21.9. The second kappa shape index (κ2) is 8.83. The fourth-order valence-corrected chi connectivity index (χ4v) is 4.69. The lowest BCUT2D eigenvalue weighted by Gasteiger charge is -2.15. The number of anilines is 2. The normalized spacial score (nSPS) is 14.9. The van der Waals surface area contributed by atoms with Crippen LogP contribution in [0.2, 0.25) is 0 Å². The standard InChI is InChI=1S/C28H28N4/c29-23-15-1-7-19-9-3-17-25(27(19)23)31-21-11-5-13-22(14-6-12-21)32-26-18-4-10-20-8-2-16-24(30)28(20)26/h1-4,7-10,15-18H,5-6,11-14,29-30H2. The molecule has 1 aliphatic rings. The number of benzene rings is 4. The van der Waals surface area contributed by atoms with Crippen molar-refractivity contribution < 1.29 is 0 Å². The average molecular weight is 421 g/mol. The van der Waals surface area contributed by atoms with Crippen molar-refractivity contribution in [2.24, 2.45) is 9.98 Å². The molecule has 4 heteroatoms. The van der Waals surface area contributed by atoms with Crippen LogP contribution in [0.5, 0.6) is 0 Å². The zero-order valence-electron chi connectivity index (χ0n) is 18.2. The van der Waals surface area contributed by atoms with Gasteiger partial charge < -0.3 is 11.5 Å². The lowest BCUT2D eigenvalue weighted by molar-refractivity contribution is 0.803. The topological polar surface area (TPSA) is 76.8 Å². The van der Waals surface area contributed by atoms with Gasteiger partial charge in [-0.05, 0) is 73.6 Å². The Morgan fingerprint density at radius 3 is 1.28 bits per heavy atom. The predicted molar refractivity (Wildman–Crippen MR) is 139 cm³/mol. The van der Waals surface area contributed by atoms with Crippen molar-refractivity contribution in [1.82, 2.24) is 0 Å². The highest BCUT2D eigenvalue weighted by molar-refractivity contribution is 6.05. The number of nitrogens with two attached hydrogens (primary N) is 2. The Labute approximate surface area is 188 Å². The fraction of sp³-hybridized carbons (Fsp3) is 0.214. The molecule has 0 radical (unpaired) electrons. The number of hydrogen-bond acceptors (Lipinski definition) is 4. The maximum atomic E-state index is 6.27. The number of hydrogen-bond donors (Lipinski definition) is 2. The first-order chi connectivity index (χ1) is 15.7. The molecular weight excluding hydrogens is 392 g/mol. The van der Waals surface area contributed by atoms with Crippen LogP contribution < -0.4 is 11.5 Å². The summed E-state index contributed by atoms with van der Waals surface area (Å²) in [4.78, 5) is 10.1. The van der Waals surface area contributed by atoms with E-state index in [2.05, 4.69) is 48.5 Å². The molecule has 4 nitrogen and oxygen atoms in total. The van der Waals surface area contributed by atoms with E-state index in [-0.39, 0.29) is 0 Å². The van der Waals surface area contributed by atoms with Gasteiger partial charge in [0.2, 0.25) is 0 Å². The van der Waals surface area contributed by atoms with Gasteiger partial charge in [-0.15, -0.1) is 0 Å². The maximum Gasteiger partial charge on any atom is 0.0728 e. The van der Waals surface area contributed by atoms with E-state index in [9.17, 15) is 0 Å². The summed E-state index contributed by atoms with van der Waals surface area (Å²) in [5.41, 5.74) is 18.6. The maximum absolute atomic E-state index is 6.27. The Kier molecular flexibility index (Phi) is 5.59. The molecule has 0 spiro atoms. The highest BCUT2D eigenvalue weighted by Crippen LogP contribution is 2.33. The minimum Gasteiger partial charge on any atom is -0.398 e. The van der Waals surface area contributed by atoms with Crippen LogP contribution in [0.25, 0.3) is 21.5 Å². The molecule has 0 atom stereocenters. The molecule has 0 saturated heterocycles. The number of nitrogen functional groups attached to an aromatic ring is 2. The summed E-state index contributed by atoms with van der Waals surface area (Å²) in [6, 6.07) is 24.5. The van der Waals surface area contributed by atoms with Gasteiger partial charge in [-0.3, -0.25) is 9.98 Å². The number of aliphatic imine (C=N–C) groups is 2. The van der Waals surface area contributed by atoms with Gasteiger partial charge >= 0.3 is 0 Å². The van der Waals surface area contributed by atoms with E-state index in [0.717, 1.165) is 82.8 Å². The molecule has 0 bridgehead atoms. The molecule has 1 aliphatic carbocycles. The first kappa shape index (κ1) is 20.3. The molecule has 0 amide bonds. The van der Waals surface area contributed by atoms with Gasteiger partial charge in [-0.25, -0.2) is 0 Å². The van der Waals surface area contributed by atoms with Crippen molar-refractivity contribution >= 4 is 55.7 Å². The van der Waals surface area contributed by atoms with Crippen molar-refractivity contribution in [1.29, 1.82) is 0 Å². The molecular formula is C28H28N4. The van der Waals surface area contributed by atoms with Crippen LogP contribution in [0.4, 0.5) is 22.7 Å². The first-order valence-corrected chi connectivity index (χ1v) is 11.4. The van der Waals surface area contributed by atoms with Crippen LogP contribution in [0.15, 0.2) is 82.8 Å². The predicted octanol–water partition coefficient (Wildman–Crippen LogP) is 7.36. The second-order valence-electron chi connectivity index (χ2n) is 8.51. The second-order valence-corrected chi connectivity index (χ2v) is 8.51. The molecule has 4 N–H and O–H groups in total. The first-order valence-electron chi connectivity index (χ1n) is 11.4. The Balaban J connectivity index is 1.38. The molecule has 32 heavy (non-hydrogen) atoms. The number of rotatable bonds is 2. The lowest BCUT2D eigenvalue weighted by atomic mass is 9.97. The van der Waals surface area contributed by atoms with Gasteiger partial charge in [0.1, 0.15) is 0 Å². The van der Waals surface area contributed by atoms with Crippen LogP contribution in [0.1, 0.15) is 38.5 Å². The molecule has 0 unspecified atom stereocenters. The molecule has 4 aromatic carbocycles. The van der Waals surface area contributed by atoms with Crippen molar-refractivity contribution in [2.75, 3.05) is 11.5 Å². The van der Waals surface area contributed by atoms with E-state index in [1.165, 1.54) is 11.4 Å². The highest BCUT2D eigenvalue weighted by Gasteiger charge is 2.12. The average Bonchev–Trinajstić information content (AvgIpc) is 2.77. The van der Waals surface area contributed by atoms with E-state index in [4.69, 9.17) is 21.5 Å². The smallest absolute Gasteiger partial charge is 0.0728 e. The van der Waals surface area contributed by atoms with Crippen LogP contribution in [0.3, 0.4) is 0 Å². The largest absolute Gasteiger partial charge is 0.398 e. The molecule has 160 valence electrons. The van der Waals surface area contributed by atoms with Gasteiger partial charge in [0.15, 0.2) is 0 Å². The van der Waals surface area contributed by atoms with Crippen LogP contribution in [-0.4, -0.2) is 11.4 Å². The highest BCUT2D eigenvalue weighted by atomic mass is 14.8. The van der Waals surface area contributed by atoms with Gasteiger partial charge in [-0.2, -0.15) is 0 Å². The Bertz CT molecular complexity index is 1220. The Morgan fingerprint density at radius 1 is 0.500 bits per heavy atom. The minimum absolute atomic E-state index is 0.789. The molecule has 1 saturated carbocycles. The van der Waals surface area contributed by atoms with Crippen LogP contribution in [-0.2, 0) is 0 Å². The Morgan fingerprint density at radius 2 is 0.875 bits per heavy atom. The summed E-state index contributed by atoms with van der Waals surface area (Å²) in [6.07, 6.45) is 6.05. The summed E-state index contributed by atoms with van der Waals surface area (Å²) in [7, 11) is 0. The number of nitrogens with zero attached hydrogens (tertiary/aromatic N) is 2. The molecule has 1 fully saturated rings. The summed E-state index contributed by atoms with van der Waals surface area (Å²) in [5.74, 6) is 0. The molecule has 0 aromatic heterocycles. The summed E-state index contributed by atoms with van der Waals surface area (Å²) < 4.78 is 0. The third-order valence-corrected chi connectivity index (χ3v) is 6.25. The third-order valence-electron chi connectivity index (χ3n) is 6.25. The zero-order valence-corrected chi connectivity index (χ0v) is 18.2. The van der Waals surface area contributed by atoms with E-state index in [1.807, 2.05) is 24.3 Å². The van der Waals surface area contributed by atoms with E-state index in [0.29, 0.717) is 0 Å². The molecule has 4 aromatic rings. The lowest BCUT2D eigenvalue weighted by Crippen LogP contribution is -2.08. The quantitative estimate of drug-likeness (QED) is 0.332. The van der Waals surface area contributed by atoms with Crippen molar-refractivity contribution in [3.63, 3.8) is 0 Å². The Hall–Kier alpha value is -3.66. The summed E-state index contributed by atoms with van der Waals surface area (Å²) >= 11 is 0. The molecule has 0 aliphatic heterocycles. The van der Waals surface area contributed by atoms with E-state index >= 15 is 0 Å².